The molecule has 1 N–H and O–H groups in total. The van der Waals surface area contributed by atoms with Gasteiger partial charge >= 0.3 is 0 Å². The van der Waals surface area contributed by atoms with Crippen molar-refractivity contribution in [3.63, 3.8) is 0 Å². The van der Waals surface area contributed by atoms with Crippen LogP contribution in [0.2, 0.25) is 0 Å². The first-order chi connectivity index (χ1) is 17.2. The van der Waals surface area contributed by atoms with Crippen molar-refractivity contribution >= 4 is 11.6 Å². The molecule has 35 heavy (non-hydrogen) atoms. The molecule has 0 fully saturated rings. The predicted molar refractivity (Wildman–Crippen MR) is 135 cm³/mol. The van der Waals surface area contributed by atoms with Crippen LogP contribution in [0.3, 0.4) is 0 Å². The molecular formula is C29H22N4O2. The number of methoxy groups -OCH3 is 1. The van der Waals surface area contributed by atoms with Crippen molar-refractivity contribution in [1.82, 2.24) is 15.2 Å². The molecule has 1 unspecified atom stereocenters. The Hall–Kier alpha value is -4.71. The molecule has 2 aromatic heterocycles. The Morgan fingerprint density at radius 3 is 2.26 bits per heavy atom. The third kappa shape index (κ3) is 3.56. The van der Waals surface area contributed by atoms with Crippen molar-refractivity contribution in [3.05, 3.63) is 120 Å². The second-order valence-corrected chi connectivity index (χ2v) is 8.37. The van der Waals surface area contributed by atoms with Gasteiger partial charge in [0.2, 0.25) is 0 Å². The van der Waals surface area contributed by atoms with Gasteiger partial charge in [-0.1, -0.05) is 48.5 Å². The van der Waals surface area contributed by atoms with E-state index in [9.17, 15) is 4.79 Å². The summed E-state index contributed by atoms with van der Waals surface area (Å²) in [5.41, 5.74) is 6.99. The highest BCUT2D eigenvalue weighted by molar-refractivity contribution is 6.11. The molecule has 0 saturated carbocycles. The van der Waals surface area contributed by atoms with E-state index in [1.807, 2.05) is 90.0 Å². The van der Waals surface area contributed by atoms with Crippen molar-refractivity contribution in [2.24, 2.45) is 0 Å². The number of carbonyl (C=O) groups is 1. The van der Waals surface area contributed by atoms with E-state index in [2.05, 4.69) is 27.3 Å². The molecule has 6 nitrogen and oxygen atoms in total. The lowest BCUT2D eigenvalue weighted by Crippen LogP contribution is -2.29. The average molecular weight is 459 g/mol. The van der Waals surface area contributed by atoms with E-state index in [-0.39, 0.29) is 11.9 Å². The second kappa shape index (κ2) is 8.57. The largest absolute Gasteiger partial charge is 0.497 e. The summed E-state index contributed by atoms with van der Waals surface area (Å²) < 4.78 is 5.31. The molecule has 0 spiro atoms. The van der Waals surface area contributed by atoms with E-state index in [1.165, 1.54) is 0 Å². The van der Waals surface area contributed by atoms with E-state index in [1.54, 1.807) is 13.3 Å². The Kier molecular flexibility index (Phi) is 5.11. The lowest BCUT2D eigenvalue weighted by Gasteiger charge is -2.26. The standard InChI is InChI=1S/C29H22N4O2/c1-35-24-15-11-20(12-16-24)26-25-27(32-31-26)29(34)33(28(25)21-6-3-2-4-7-21)23-13-9-19(10-14-23)22-8-5-17-30-18-22/h2-18,28H,1H3,(H,31,32). The lowest BCUT2D eigenvalue weighted by molar-refractivity contribution is 0.0989. The topological polar surface area (TPSA) is 71.1 Å². The highest BCUT2D eigenvalue weighted by atomic mass is 16.5. The van der Waals surface area contributed by atoms with Crippen molar-refractivity contribution in [2.45, 2.75) is 6.04 Å². The minimum Gasteiger partial charge on any atom is -0.497 e. The summed E-state index contributed by atoms with van der Waals surface area (Å²) in [5, 5.41) is 7.57. The highest BCUT2D eigenvalue weighted by Gasteiger charge is 2.43. The van der Waals surface area contributed by atoms with E-state index in [4.69, 9.17) is 4.74 Å². The number of ether oxygens (including phenoxy) is 1. The van der Waals surface area contributed by atoms with Crippen LogP contribution in [0, 0.1) is 0 Å². The summed E-state index contributed by atoms with van der Waals surface area (Å²) in [7, 11) is 1.64. The fourth-order valence-electron chi connectivity index (χ4n) is 4.68. The molecule has 3 heterocycles. The number of aromatic nitrogens is 3. The van der Waals surface area contributed by atoms with E-state index < -0.39 is 0 Å². The molecule has 1 amide bonds. The maximum Gasteiger partial charge on any atom is 0.277 e. The van der Waals surface area contributed by atoms with Crippen LogP contribution in [-0.2, 0) is 0 Å². The number of fused-ring (bicyclic) bond motifs is 1. The van der Waals surface area contributed by atoms with Crippen molar-refractivity contribution in [1.29, 1.82) is 0 Å². The summed E-state index contributed by atoms with van der Waals surface area (Å²) in [6.45, 7) is 0. The van der Waals surface area contributed by atoms with Gasteiger partial charge in [0.1, 0.15) is 11.4 Å². The fraction of sp³-hybridized carbons (Fsp3) is 0.0690. The maximum absolute atomic E-state index is 13.7. The van der Waals surface area contributed by atoms with Gasteiger partial charge < -0.3 is 4.74 Å². The first kappa shape index (κ1) is 20.9. The number of H-pyrrole nitrogens is 1. The molecule has 0 saturated heterocycles. The van der Waals surface area contributed by atoms with Crippen LogP contribution in [-0.4, -0.2) is 28.2 Å². The molecule has 6 heteroatoms. The fourth-order valence-corrected chi connectivity index (χ4v) is 4.68. The van der Waals surface area contributed by atoms with Crippen LogP contribution in [0.15, 0.2) is 103 Å². The van der Waals surface area contributed by atoms with Crippen LogP contribution in [0.5, 0.6) is 5.75 Å². The molecule has 3 aromatic carbocycles. The number of anilines is 1. The van der Waals surface area contributed by atoms with E-state index in [0.717, 1.165) is 44.9 Å². The van der Waals surface area contributed by atoms with Crippen LogP contribution in [0.1, 0.15) is 27.7 Å². The SMILES string of the molecule is COc1ccc(-c2n[nH]c3c2C(c2ccccc2)N(c2ccc(-c4cccnc4)cc2)C3=O)cc1. The maximum atomic E-state index is 13.7. The van der Waals surface area contributed by atoms with Gasteiger partial charge in [-0.2, -0.15) is 5.10 Å². The number of hydrogen-bond acceptors (Lipinski definition) is 4. The Labute approximate surface area is 202 Å². The first-order valence-electron chi connectivity index (χ1n) is 11.4. The van der Waals surface area contributed by atoms with Crippen molar-refractivity contribution in [3.8, 4) is 28.1 Å². The second-order valence-electron chi connectivity index (χ2n) is 8.37. The molecule has 0 aliphatic carbocycles. The average Bonchev–Trinajstić information content (AvgIpc) is 3.49. The third-order valence-corrected chi connectivity index (χ3v) is 6.39. The van der Waals surface area contributed by atoms with Gasteiger partial charge in [-0.15, -0.1) is 0 Å². The Morgan fingerprint density at radius 2 is 1.57 bits per heavy atom. The molecule has 1 aliphatic heterocycles. The molecule has 6 rings (SSSR count). The third-order valence-electron chi connectivity index (χ3n) is 6.39. The molecular weight excluding hydrogens is 436 g/mol. The number of rotatable bonds is 5. The van der Waals surface area contributed by atoms with Gasteiger partial charge in [0.25, 0.3) is 5.91 Å². The summed E-state index contributed by atoms with van der Waals surface area (Å²) in [6.07, 6.45) is 3.59. The van der Waals surface area contributed by atoms with Crippen LogP contribution in [0.25, 0.3) is 22.4 Å². The zero-order chi connectivity index (χ0) is 23.8. The number of nitrogens with one attached hydrogen (secondary N) is 1. The zero-order valence-electron chi connectivity index (χ0n) is 19.1. The van der Waals surface area contributed by atoms with Crippen molar-refractivity contribution in [2.75, 3.05) is 12.0 Å². The van der Waals surface area contributed by atoms with E-state index >= 15 is 0 Å². The number of carbonyl (C=O) groups excluding carboxylic acids is 1. The zero-order valence-corrected chi connectivity index (χ0v) is 19.1. The minimum absolute atomic E-state index is 0.102. The van der Waals surface area contributed by atoms with Crippen LogP contribution < -0.4 is 9.64 Å². The Morgan fingerprint density at radius 1 is 0.829 bits per heavy atom. The monoisotopic (exact) mass is 458 g/mol. The molecule has 0 bridgehead atoms. The summed E-state index contributed by atoms with van der Waals surface area (Å²) in [4.78, 5) is 19.8. The molecule has 1 atom stereocenters. The number of benzene rings is 3. The van der Waals surface area contributed by atoms with Gasteiger partial charge in [0.15, 0.2) is 0 Å². The Bertz CT molecular complexity index is 1480. The van der Waals surface area contributed by atoms with Crippen LogP contribution in [0.4, 0.5) is 5.69 Å². The van der Waals surface area contributed by atoms with Gasteiger partial charge in [-0.05, 0) is 59.2 Å². The minimum atomic E-state index is -0.307. The highest BCUT2D eigenvalue weighted by Crippen LogP contribution is 2.45. The van der Waals surface area contributed by atoms with E-state index in [0.29, 0.717) is 5.69 Å². The normalized spacial score (nSPS) is 14.7. The number of amides is 1. The molecule has 5 aromatic rings. The molecule has 1 aliphatic rings. The van der Waals surface area contributed by atoms with Gasteiger partial charge in [-0.3, -0.25) is 19.8 Å². The lowest BCUT2D eigenvalue weighted by atomic mass is 9.95. The number of nitrogens with zero attached hydrogens (tertiary/aromatic N) is 3. The van der Waals surface area contributed by atoms with Gasteiger partial charge in [-0.25, -0.2) is 0 Å². The summed E-state index contributed by atoms with van der Waals surface area (Å²) in [5.74, 6) is 0.669. The predicted octanol–water partition coefficient (Wildman–Crippen LogP) is 5.90. The van der Waals surface area contributed by atoms with Crippen LogP contribution >= 0.6 is 0 Å². The van der Waals surface area contributed by atoms with Crippen molar-refractivity contribution < 1.29 is 9.53 Å². The summed E-state index contributed by atoms with van der Waals surface area (Å²) >= 11 is 0. The van der Waals surface area contributed by atoms with Gasteiger partial charge in [0, 0.05) is 29.2 Å². The summed E-state index contributed by atoms with van der Waals surface area (Å²) in [6, 6.07) is 29.5. The van der Waals surface area contributed by atoms with Gasteiger partial charge in [0.05, 0.1) is 18.8 Å². The first-order valence-corrected chi connectivity index (χ1v) is 11.4. The number of pyridine rings is 1. The smallest absolute Gasteiger partial charge is 0.277 e. The number of hydrogen-bond donors (Lipinski definition) is 1. The molecule has 0 radical (unpaired) electrons. The number of aromatic amines is 1. The quantitative estimate of drug-likeness (QED) is 0.356. The molecule has 170 valence electrons. The Balaban J connectivity index is 1.46.